The third-order valence-electron chi connectivity index (χ3n) is 2.02. The molecule has 0 fully saturated rings. The summed E-state index contributed by atoms with van der Waals surface area (Å²) in [5.41, 5.74) is -0.610. The highest BCUT2D eigenvalue weighted by Gasteiger charge is 2.21. The quantitative estimate of drug-likeness (QED) is 0.464. The van der Waals surface area contributed by atoms with E-state index >= 15 is 0 Å². The number of benzene rings is 1. The third-order valence-corrected chi connectivity index (χ3v) is 2.02. The topological polar surface area (TPSA) is 92.5 Å². The molecule has 0 heterocycles. The lowest BCUT2D eigenvalue weighted by molar-refractivity contribution is -0.385. The van der Waals surface area contributed by atoms with Gasteiger partial charge in [-0.2, -0.15) is 0 Å². The van der Waals surface area contributed by atoms with Crippen molar-refractivity contribution in [3.05, 3.63) is 33.9 Å². The number of nitrogens with one attached hydrogen (secondary N) is 1. The summed E-state index contributed by atoms with van der Waals surface area (Å²) in [5.74, 6) is 1.34. The lowest BCUT2D eigenvalue weighted by Gasteiger charge is -2.08. The maximum absolute atomic E-state index is 11.7. The number of carbonyl (C=O) groups is 1. The Kier molecular flexibility index (Phi) is 3.67. The highest BCUT2D eigenvalue weighted by molar-refractivity contribution is 5.98. The minimum absolute atomic E-state index is 0.225. The number of carbonyl (C=O) groups excluding carboxylic acids is 1. The summed E-state index contributed by atoms with van der Waals surface area (Å²) in [6, 6.07) is 2.67. The number of terminal acetylenes is 1. The van der Waals surface area contributed by atoms with E-state index in [1.54, 1.807) is 6.92 Å². The Morgan fingerprint density at radius 1 is 1.65 bits per heavy atom. The number of hydrogen-bond acceptors (Lipinski definition) is 4. The lowest BCUT2D eigenvalue weighted by atomic mass is 10.1. The summed E-state index contributed by atoms with van der Waals surface area (Å²) in [5, 5.41) is 22.3. The van der Waals surface area contributed by atoms with Gasteiger partial charge in [-0.1, -0.05) is 5.92 Å². The van der Waals surface area contributed by atoms with E-state index in [1.165, 1.54) is 0 Å². The molecule has 1 unspecified atom stereocenters. The summed E-state index contributed by atoms with van der Waals surface area (Å²) in [6.07, 6.45) is 5.08. The number of amides is 1. The molecule has 0 bridgehead atoms. The first-order chi connectivity index (χ1) is 7.95. The smallest absolute Gasteiger partial charge is 0.282 e. The van der Waals surface area contributed by atoms with Crippen LogP contribution in [0.15, 0.2) is 18.2 Å². The Bertz CT molecular complexity index is 505. The zero-order valence-corrected chi connectivity index (χ0v) is 9.01. The normalized spacial score (nSPS) is 11.3. The molecule has 2 N–H and O–H groups in total. The van der Waals surface area contributed by atoms with E-state index in [0.717, 1.165) is 18.2 Å². The van der Waals surface area contributed by atoms with E-state index < -0.39 is 16.9 Å². The van der Waals surface area contributed by atoms with Crippen molar-refractivity contribution >= 4 is 11.6 Å². The van der Waals surface area contributed by atoms with Crippen molar-refractivity contribution in [1.29, 1.82) is 0 Å². The van der Waals surface area contributed by atoms with Crippen LogP contribution in [0.3, 0.4) is 0 Å². The van der Waals surface area contributed by atoms with Crippen LogP contribution in [0.4, 0.5) is 5.69 Å². The van der Waals surface area contributed by atoms with Crippen LogP contribution >= 0.6 is 0 Å². The number of nitrogens with zero attached hydrogens (tertiary/aromatic N) is 1. The molecule has 0 aliphatic heterocycles. The van der Waals surface area contributed by atoms with Crippen molar-refractivity contribution in [3.63, 3.8) is 0 Å². The van der Waals surface area contributed by atoms with Gasteiger partial charge in [0.1, 0.15) is 11.3 Å². The maximum atomic E-state index is 11.7. The van der Waals surface area contributed by atoms with E-state index in [9.17, 15) is 20.0 Å². The molecule has 0 saturated heterocycles. The monoisotopic (exact) mass is 234 g/mol. The maximum Gasteiger partial charge on any atom is 0.282 e. The zero-order chi connectivity index (χ0) is 13.0. The van der Waals surface area contributed by atoms with Gasteiger partial charge in [0.2, 0.25) is 0 Å². The SMILES string of the molecule is C#CC(C)NC(=O)c1cc(O)ccc1[N+](=O)[O-]. The number of rotatable bonds is 3. The van der Waals surface area contributed by atoms with Crippen molar-refractivity contribution in [2.45, 2.75) is 13.0 Å². The molecule has 0 aromatic heterocycles. The van der Waals surface area contributed by atoms with Crippen LogP contribution < -0.4 is 5.32 Å². The Morgan fingerprint density at radius 2 is 2.29 bits per heavy atom. The van der Waals surface area contributed by atoms with E-state index in [0.29, 0.717) is 0 Å². The average molecular weight is 234 g/mol. The molecule has 88 valence electrons. The molecule has 1 aromatic carbocycles. The molecular formula is C11H10N2O4. The Labute approximate surface area is 97.4 Å². The van der Waals surface area contributed by atoms with Gasteiger partial charge in [0, 0.05) is 6.07 Å². The molecule has 1 aromatic rings. The van der Waals surface area contributed by atoms with Crippen molar-refractivity contribution in [2.75, 3.05) is 0 Å². The number of hydrogen-bond donors (Lipinski definition) is 2. The third kappa shape index (κ3) is 2.95. The van der Waals surface area contributed by atoms with Crippen molar-refractivity contribution in [1.82, 2.24) is 5.32 Å². The van der Waals surface area contributed by atoms with E-state index in [-0.39, 0.29) is 17.0 Å². The van der Waals surface area contributed by atoms with Gasteiger partial charge >= 0.3 is 0 Å². The van der Waals surface area contributed by atoms with Crippen molar-refractivity contribution < 1.29 is 14.8 Å². The molecule has 0 aliphatic rings. The van der Waals surface area contributed by atoms with Gasteiger partial charge in [0.25, 0.3) is 11.6 Å². The molecule has 17 heavy (non-hydrogen) atoms. The molecule has 6 nitrogen and oxygen atoms in total. The fraction of sp³-hybridized carbons (Fsp3) is 0.182. The zero-order valence-electron chi connectivity index (χ0n) is 9.01. The van der Waals surface area contributed by atoms with Crippen molar-refractivity contribution in [2.24, 2.45) is 0 Å². The van der Waals surface area contributed by atoms with Crippen LogP contribution in [-0.2, 0) is 0 Å². The van der Waals surface area contributed by atoms with Gasteiger partial charge in [0.05, 0.1) is 11.0 Å². The van der Waals surface area contributed by atoms with Gasteiger partial charge in [0.15, 0.2) is 0 Å². The number of nitro benzene ring substituents is 1. The highest BCUT2D eigenvalue weighted by Crippen LogP contribution is 2.23. The minimum Gasteiger partial charge on any atom is -0.508 e. The van der Waals surface area contributed by atoms with Crippen molar-refractivity contribution in [3.8, 4) is 18.1 Å². The summed E-state index contributed by atoms with van der Waals surface area (Å²) in [6.45, 7) is 1.56. The molecular weight excluding hydrogens is 224 g/mol. The first kappa shape index (κ1) is 12.5. The standard InChI is InChI=1S/C11H10N2O4/c1-3-7(2)12-11(15)9-6-8(14)4-5-10(9)13(16)17/h1,4-7,14H,2H3,(H,12,15). The Balaban J connectivity index is 3.12. The van der Waals surface area contributed by atoms with Gasteiger partial charge in [-0.15, -0.1) is 6.42 Å². The molecule has 0 saturated carbocycles. The first-order valence-electron chi connectivity index (χ1n) is 4.70. The molecule has 1 amide bonds. The fourth-order valence-electron chi connectivity index (χ4n) is 1.18. The average Bonchev–Trinajstić information content (AvgIpc) is 2.28. The van der Waals surface area contributed by atoms with E-state index in [4.69, 9.17) is 6.42 Å². The molecule has 0 spiro atoms. The van der Waals surface area contributed by atoms with Gasteiger partial charge in [-0.3, -0.25) is 14.9 Å². The summed E-state index contributed by atoms with van der Waals surface area (Å²) >= 11 is 0. The Hall–Kier alpha value is -2.55. The Morgan fingerprint density at radius 3 is 2.82 bits per heavy atom. The first-order valence-corrected chi connectivity index (χ1v) is 4.70. The van der Waals surface area contributed by atoms with Crippen LogP contribution in [0.1, 0.15) is 17.3 Å². The summed E-state index contributed by atoms with van der Waals surface area (Å²) in [7, 11) is 0. The second kappa shape index (κ2) is 4.99. The number of phenols is 1. The highest BCUT2D eigenvalue weighted by atomic mass is 16.6. The van der Waals surface area contributed by atoms with E-state index in [1.807, 2.05) is 0 Å². The largest absolute Gasteiger partial charge is 0.508 e. The number of nitro groups is 1. The number of aromatic hydroxyl groups is 1. The second-order valence-corrected chi connectivity index (χ2v) is 3.32. The van der Waals surface area contributed by atoms with Crippen LogP contribution in [0.5, 0.6) is 5.75 Å². The van der Waals surface area contributed by atoms with Gasteiger partial charge in [-0.25, -0.2) is 0 Å². The minimum atomic E-state index is -0.700. The summed E-state index contributed by atoms with van der Waals surface area (Å²) < 4.78 is 0. The van der Waals surface area contributed by atoms with E-state index in [2.05, 4.69) is 11.2 Å². The van der Waals surface area contributed by atoms with Gasteiger partial charge < -0.3 is 10.4 Å². The summed E-state index contributed by atoms with van der Waals surface area (Å²) in [4.78, 5) is 21.7. The molecule has 6 heteroatoms. The van der Waals surface area contributed by atoms with Crippen LogP contribution in [-0.4, -0.2) is 22.0 Å². The van der Waals surface area contributed by atoms with Crippen LogP contribution in [0, 0.1) is 22.5 Å². The molecule has 0 radical (unpaired) electrons. The predicted molar refractivity (Wildman–Crippen MR) is 60.5 cm³/mol. The van der Waals surface area contributed by atoms with Crippen LogP contribution in [0.2, 0.25) is 0 Å². The molecule has 1 atom stereocenters. The van der Waals surface area contributed by atoms with Crippen LogP contribution in [0.25, 0.3) is 0 Å². The number of phenolic OH excluding ortho intramolecular Hbond substituents is 1. The van der Waals surface area contributed by atoms with Gasteiger partial charge in [-0.05, 0) is 19.1 Å². The lowest BCUT2D eigenvalue weighted by Crippen LogP contribution is -2.31. The fourth-order valence-corrected chi connectivity index (χ4v) is 1.18. The predicted octanol–water partition coefficient (Wildman–Crippen LogP) is 1.05. The second-order valence-electron chi connectivity index (χ2n) is 3.32. The molecule has 0 aliphatic carbocycles. The molecule has 1 rings (SSSR count).